The molecule has 2 aromatic carbocycles. The third-order valence-corrected chi connectivity index (χ3v) is 6.53. The van der Waals surface area contributed by atoms with Crippen LogP contribution in [-0.2, 0) is 23.2 Å². The summed E-state index contributed by atoms with van der Waals surface area (Å²) in [7, 11) is 3.44. The molecule has 2 aliphatic rings. The van der Waals surface area contributed by atoms with Gasteiger partial charge in [-0.2, -0.15) is 5.10 Å². The van der Waals surface area contributed by atoms with Gasteiger partial charge in [0.2, 0.25) is 11.8 Å². The SMILES string of the molecule is COc1ccc(Cl)c(-c2c(-c3ccc4c(c3)CN(C3CCC(=O)NC3=O)C4=O)cnn2C)c1. The van der Waals surface area contributed by atoms with E-state index in [0.29, 0.717) is 29.3 Å². The van der Waals surface area contributed by atoms with Crippen molar-refractivity contribution in [3.63, 3.8) is 0 Å². The van der Waals surface area contributed by atoms with Gasteiger partial charge in [-0.05, 0) is 47.9 Å². The van der Waals surface area contributed by atoms with Gasteiger partial charge in [0.15, 0.2) is 0 Å². The Morgan fingerprint density at radius 2 is 1.91 bits per heavy atom. The zero-order valence-corrected chi connectivity index (χ0v) is 18.8. The van der Waals surface area contributed by atoms with E-state index < -0.39 is 11.9 Å². The number of aryl methyl sites for hydroxylation is 1. The van der Waals surface area contributed by atoms with Gasteiger partial charge < -0.3 is 9.64 Å². The topological polar surface area (TPSA) is 93.5 Å². The lowest BCUT2D eigenvalue weighted by molar-refractivity contribution is -0.136. The first-order chi connectivity index (χ1) is 15.9. The van der Waals surface area contributed by atoms with Gasteiger partial charge in [0.25, 0.3) is 5.91 Å². The van der Waals surface area contributed by atoms with E-state index in [0.717, 1.165) is 27.9 Å². The van der Waals surface area contributed by atoms with Gasteiger partial charge >= 0.3 is 0 Å². The highest BCUT2D eigenvalue weighted by atomic mass is 35.5. The number of nitrogens with one attached hydrogen (secondary N) is 1. The number of hydrogen-bond acceptors (Lipinski definition) is 5. The van der Waals surface area contributed by atoms with Gasteiger partial charge in [0, 0.05) is 36.7 Å². The van der Waals surface area contributed by atoms with E-state index in [-0.39, 0.29) is 18.2 Å². The first kappa shape index (κ1) is 21.2. The number of ether oxygens (including phenoxy) is 1. The summed E-state index contributed by atoms with van der Waals surface area (Å²) in [5.41, 5.74) is 4.75. The summed E-state index contributed by atoms with van der Waals surface area (Å²) in [4.78, 5) is 38.3. The highest BCUT2D eigenvalue weighted by molar-refractivity contribution is 6.33. The fraction of sp³-hybridized carbons (Fsp3) is 0.250. The normalized spacial score (nSPS) is 17.8. The Hall–Kier alpha value is -3.65. The summed E-state index contributed by atoms with van der Waals surface area (Å²) in [6.45, 7) is 0.309. The van der Waals surface area contributed by atoms with Crippen molar-refractivity contribution in [2.45, 2.75) is 25.4 Å². The van der Waals surface area contributed by atoms with Crippen molar-refractivity contribution in [2.75, 3.05) is 7.11 Å². The van der Waals surface area contributed by atoms with Crippen molar-refractivity contribution < 1.29 is 19.1 Å². The summed E-state index contributed by atoms with van der Waals surface area (Å²) in [5, 5.41) is 7.33. The largest absolute Gasteiger partial charge is 0.497 e. The van der Waals surface area contributed by atoms with Crippen LogP contribution in [0.4, 0.5) is 0 Å². The van der Waals surface area contributed by atoms with Crippen molar-refractivity contribution in [2.24, 2.45) is 7.05 Å². The van der Waals surface area contributed by atoms with Crippen LogP contribution in [0.2, 0.25) is 5.02 Å². The molecule has 3 aromatic rings. The Bertz CT molecular complexity index is 1320. The Morgan fingerprint density at radius 3 is 2.67 bits per heavy atom. The minimum Gasteiger partial charge on any atom is -0.497 e. The lowest BCUT2D eigenvalue weighted by Crippen LogP contribution is -2.52. The molecule has 1 atom stereocenters. The Kier molecular flexibility index (Phi) is 5.17. The van der Waals surface area contributed by atoms with Crippen LogP contribution in [0.15, 0.2) is 42.6 Å². The Labute approximate surface area is 195 Å². The molecule has 1 saturated heterocycles. The number of nitrogens with zero attached hydrogens (tertiary/aromatic N) is 3. The van der Waals surface area contributed by atoms with Crippen LogP contribution in [0.5, 0.6) is 5.75 Å². The van der Waals surface area contributed by atoms with Crippen LogP contribution in [0, 0.1) is 0 Å². The van der Waals surface area contributed by atoms with Crippen LogP contribution in [-0.4, -0.2) is 45.6 Å². The summed E-state index contributed by atoms with van der Waals surface area (Å²) in [6, 6.07) is 10.4. The van der Waals surface area contributed by atoms with Crippen LogP contribution in [0.1, 0.15) is 28.8 Å². The molecule has 3 amide bonds. The zero-order chi connectivity index (χ0) is 23.3. The fourth-order valence-corrected chi connectivity index (χ4v) is 4.73. The molecule has 0 spiro atoms. The number of amides is 3. The third-order valence-electron chi connectivity index (χ3n) is 6.20. The maximum absolute atomic E-state index is 13.0. The van der Waals surface area contributed by atoms with E-state index in [2.05, 4.69) is 10.4 Å². The van der Waals surface area contributed by atoms with Gasteiger partial charge in [-0.3, -0.25) is 24.4 Å². The number of halogens is 1. The number of imide groups is 1. The smallest absolute Gasteiger partial charge is 0.255 e. The predicted molar refractivity (Wildman–Crippen MR) is 122 cm³/mol. The number of carbonyl (C=O) groups is 3. The number of fused-ring (bicyclic) bond motifs is 1. The third kappa shape index (κ3) is 3.56. The zero-order valence-electron chi connectivity index (χ0n) is 18.1. The molecule has 1 N–H and O–H groups in total. The van der Waals surface area contributed by atoms with Gasteiger partial charge in [-0.1, -0.05) is 17.7 Å². The number of benzene rings is 2. The number of methoxy groups -OCH3 is 1. The molecule has 1 aromatic heterocycles. The van der Waals surface area contributed by atoms with Gasteiger partial charge in [-0.25, -0.2) is 0 Å². The average Bonchev–Trinajstić information content (AvgIpc) is 3.34. The lowest BCUT2D eigenvalue weighted by Gasteiger charge is -2.29. The van der Waals surface area contributed by atoms with Crippen LogP contribution < -0.4 is 10.1 Å². The molecule has 8 nitrogen and oxygen atoms in total. The van der Waals surface area contributed by atoms with Crippen molar-refractivity contribution >= 4 is 29.3 Å². The molecule has 9 heteroatoms. The van der Waals surface area contributed by atoms with E-state index in [1.807, 2.05) is 25.2 Å². The number of carbonyl (C=O) groups excluding carboxylic acids is 3. The molecule has 0 radical (unpaired) electrons. The second-order valence-corrected chi connectivity index (χ2v) is 8.56. The molecule has 0 bridgehead atoms. The highest BCUT2D eigenvalue weighted by Crippen LogP contribution is 2.39. The number of hydrogen-bond donors (Lipinski definition) is 1. The Morgan fingerprint density at radius 1 is 1.09 bits per heavy atom. The average molecular weight is 465 g/mol. The van der Waals surface area contributed by atoms with Gasteiger partial charge in [0.1, 0.15) is 11.8 Å². The van der Waals surface area contributed by atoms with Crippen LogP contribution in [0.3, 0.4) is 0 Å². The molecule has 1 fully saturated rings. The van der Waals surface area contributed by atoms with Crippen molar-refractivity contribution in [3.8, 4) is 28.1 Å². The molecular weight excluding hydrogens is 444 g/mol. The predicted octanol–water partition coefficient (Wildman–Crippen LogP) is 3.18. The maximum atomic E-state index is 13.0. The molecule has 3 heterocycles. The molecule has 5 rings (SSSR count). The maximum Gasteiger partial charge on any atom is 0.255 e. The fourth-order valence-electron chi connectivity index (χ4n) is 4.52. The molecular formula is C24H21ClN4O4. The Balaban J connectivity index is 1.51. The van der Waals surface area contributed by atoms with Crippen molar-refractivity contribution in [1.82, 2.24) is 20.0 Å². The molecule has 1 unspecified atom stereocenters. The molecule has 33 heavy (non-hydrogen) atoms. The molecule has 2 aliphatic heterocycles. The second-order valence-electron chi connectivity index (χ2n) is 8.15. The van der Waals surface area contributed by atoms with E-state index >= 15 is 0 Å². The number of rotatable bonds is 4. The first-order valence-corrected chi connectivity index (χ1v) is 10.9. The highest BCUT2D eigenvalue weighted by Gasteiger charge is 2.39. The van der Waals surface area contributed by atoms with Gasteiger partial charge in [0.05, 0.1) is 24.0 Å². The van der Waals surface area contributed by atoms with Gasteiger partial charge in [-0.15, -0.1) is 0 Å². The molecule has 0 saturated carbocycles. The minimum absolute atomic E-state index is 0.201. The van der Waals surface area contributed by atoms with Crippen LogP contribution >= 0.6 is 11.6 Å². The number of aromatic nitrogens is 2. The summed E-state index contributed by atoms with van der Waals surface area (Å²) < 4.78 is 7.12. The van der Waals surface area contributed by atoms with Crippen LogP contribution in [0.25, 0.3) is 22.4 Å². The quantitative estimate of drug-likeness (QED) is 0.598. The first-order valence-electron chi connectivity index (χ1n) is 10.5. The van der Waals surface area contributed by atoms with E-state index in [1.54, 1.807) is 41.1 Å². The van der Waals surface area contributed by atoms with E-state index in [9.17, 15) is 14.4 Å². The lowest BCUT2D eigenvalue weighted by atomic mass is 9.98. The molecule has 168 valence electrons. The molecule has 0 aliphatic carbocycles. The summed E-state index contributed by atoms with van der Waals surface area (Å²) in [6.07, 6.45) is 2.32. The van der Waals surface area contributed by atoms with Crippen molar-refractivity contribution in [1.29, 1.82) is 0 Å². The minimum atomic E-state index is -0.643. The second kappa shape index (κ2) is 8.04. The summed E-state index contributed by atoms with van der Waals surface area (Å²) in [5.74, 6) is -0.243. The summed E-state index contributed by atoms with van der Waals surface area (Å²) >= 11 is 6.51. The van der Waals surface area contributed by atoms with Crippen molar-refractivity contribution in [3.05, 3.63) is 58.7 Å². The van der Waals surface area contributed by atoms with E-state index in [1.165, 1.54) is 0 Å². The monoisotopic (exact) mass is 464 g/mol. The number of piperidine rings is 1. The standard InChI is InChI=1S/C24H21ClN4O4/c1-28-22(17-10-15(33-2)4-6-19(17)25)18(11-26-28)13-3-5-16-14(9-13)12-29(24(16)32)20-7-8-21(30)27-23(20)31/h3-6,9-11,20H,7-8,12H2,1-2H3,(H,27,30,31). The van der Waals surface area contributed by atoms with E-state index in [4.69, 9.17) is 16.3 Å².